The molecular weight excluding hydrogens is 174 g/mol. The molecule has 2 N–H and O–H groups in total. The third kappa shape index (κ3) is 1.82. The SMILES string of the molecule is CCCn1nc(C2CC2)cc1[C@H](C)N. The summed E-state index contributed by atoms with van der Waals surface area (Å²) in [5, 5.41) is 4.62. The number of aromatic nitrogens is 2. The van der Waals surface area contributed by atoms with Gasteiger partial charge < -0.3 is 5.73 Å². The highest BCUT2D eigenvalue weighted by molar-refractivity contribution is 5.20. The van der Waals surface area contributed by atoms with Gasteiger partial charge in [-0.2, -0.15) is 5.10 Å². The average molecular weight is 193 g/mol. The lowest BCUT2D eigenvalue weighted by molar-refractivity contribution is 0.547. The Balaban J connectivity index is 2.25. The second kappa shape index (κ2) is 3.73. The first-order valence-electron chi connectivity index (χ1n) is 5.55. The molecule has 0 amide bonds. The Kier molecular flexibility index (Phi) is 2.59. The van der Waals surface area contributed by atoms with Crippen molar-refractivity contribution in [3.8, 4) is 0 Å². The fraction of sp³-hybridized carbons (Fsp3) is 0.727. The molecule has 3 heteroatoms. The maximum Gasteiger partial charge on any atom is 0.0659 e. The van der Waals surface area contributed by atoms with Gasteiger partial charge in [0.1, 0.15) is 0 Å². The van der Waals surface area contributed by atoms with Crippen LogP contribution in [0.15, 0.2) is 6.07 Å². The molecule has 1 atom stereocenters. The zero-order valence-electron chi connectivity index (χ0n) is 9.03. The summed E-state index contributed by atoms with van der Waals surface area (Å²) in [6, 6.07) is 2.29. The van der Waals surface area contributed by atoms with Gasteiger partial charge in [-0.3, -0.25) is 4.68 Å². The molecular formula is C11H19N3. The molecule has 0 bridgehead atoms. The number of nitrogens with zero attached hydrogens (tertiary/aromatic N) is 2. The summed E-state index contributed by atoms with van der Waals surface area (Å²) in [6.07, 6.45) is 3.73. The van der Waals surface area contributed by atoms with Gasteiger partial charge in [0.15, 0.2) is 0 Å². The number of hydrogen-bond acceptors (Lipinski definition) is 2. The van der Waals surface area contributed by atoms with E-state index in [1.165, 1.54) is 24.2 Å². The minimum absolute atomic E-state index is 0.0987. The number of rotatable bonds is 4. The standard InChI is InChI=1S/C11H19N3/c1-3-6-14-11(8(2)12)7-10(13-14)9-4-5-9/h7-9H,3-6,12H2,1-2H3/t8-/m0/s1. The van der Waals surface area contributed by atoms with Crippen molar-refractivity contribution in [3.63, 3.8) is 0 Å². The molecule has 3 nitrogen and oxygen atoms in total. The maximum absolute atomic E-state index is 5.92. The number of aryl methyl sites for hydroxylation is 1. The quantitative estimate of drug-likeness (QED) is 0.796. The van der Waals surface area contributed by atoms with Crippen LogP contribution in [0.5, 0.6) is 0 Å². The predicted octanol–water partition coefficient (Wildman–Crippen LogP) is 2.19. The van der Waals surface area contributed by atoms with Crippen molar-refractivity contribution in [3.05, 3.63) is 17.5 Å². The van der Waals surface area contributed by atoms with Gasteiger partial charge in [-0.15, -0.1) is 0 Å². The first-order chi connectivity index (χ1) is 6.72. The van der Waals surface area contributed by atoms with Crippen molar-refractivity contribution in [1.82, 2.24) is 9.78 Å². The van der Waals surface area contributed by atoms with E-state index in [0.29, 0.717) is 0 Å². The largest absolute Gasteiger partial charge is 0.323 e. The van der Waals surface area contributed by atoms with Gasteiger partial charge >= 0.3 is 0 Å². The topological polar surface area (TPSA) is 43.8 Å². The molecule has 1 fully saturated rings. The fourth-order valence-corrected chi connectivity index (χ4v) is 1.79. The van der Waals surface area contributed by atoms with Crippen molar-refractivity contribution in [2.75, 3.05) is 0 Å². The van der Waals surface area contributed by atoms with Gasteiger partial charge in [-0.25, -0.2) is 0 Å². The van der Waals surface area contributed by atoms with Crippen molar-refractivity contribution >= 4 is 0 Å². The lowest BCUT2D eigenvalue weighted by Crippen LogP contribution is -2.13. The van der Waals surface area contributed by atoms with E-state index in [9.17, 15) is 0 Å². The molecule has 1 saturated carbocycles. The highest BCUT2D eigenvalue weighted by Crippen LogP contribution is 2.39. The van der Waals surface area contributed by atoms with E-state index < -0.39 is 0 Å². The molecule has 1 aromatic heterocycles. The van der Waals surface area contributed by atoms with Gasteiger partial charge in [-0.1, -0.05) is 6.92 Å². The number of hydrogen-bond donors (Lipinski definition) is 1. The van der Waals surface area contributed by atoms with Crippen molar-refractivity contribution in [2.45, 2.75) is 51.6 Å². The van der Waals surface area contributed by atoms with Crippen LogP contribution >= 0.6 is 0 Å². The summed E-state index contributed by atoms with van der Waals surface area (Å²) < 4.78 is 2.08. The Bertz CT molecular complexity index is 310. The molecule has 0 aromatic carbocycles. The van der Waals surface area contributed by atoms with E-state index in [1.807, 2.05) is 6.92 Å². The van der Waals surface area contributed by atoms with Crippen LogP contribution < -0.4 is 5.73 Å². The third-order valence-corrected chi connectivity index (χ3v) is 2.73. The van der Waals surface area contributed by atoms with Crippen LogP contribution in [-0.2, 0) is 6.54 Å². The fourth-order valence-electron chi connectivity index (χ4n) is 1.79. The van der Waals surface area contributed by atoms with Gasteiger partial charge in [0, 0.05) is 18.5 Å². The van der Waals surface area contributed by atoms with E-state index in [1.54, 1.807) is 0 Å². The molecule has 0 radical (unpaired) electrons. The summed E-state index contributed by atoms with van der Waals surface area (Å²) in [4.78, 5) is 0. The molecule has 1 aromatic rings. The second-order valence-electron chi connectivity index (χ2n) is 4.28. The Morgan fingerprint density at radius 2 is 2.36 bits per heavy atom. The molecule has 1 heterocycles. The lowest BCUT2D eigenvalue weighted by atomic mass is 10.2. The Morgan fingerprint density at radius 3 is 2.86 bits per heavy atom. The summed E-state index contributed by atoms with van der Waals surface area (Å²) in [5.74, 6) is 0.727. The van der Waals surface area contributed by atoms with Gasteiger partial charge in [-0.05, 0) is 32.3 Å². The van der Waals surface area contributed by atoms with E-state index in [-0.39, 0.29) is 6.04 Å². The number of nitrogens with two attached hydrogens (primary N) is 1. The van der Waals surface area contributed by atoms with Crippen LogP contribution in [0.1, 0.15) is 56.5 Å². The highest BCUT2D eigenvalue weighted by atomic mass is 15.3. The molecule has 2 rings (SSSR count). The van der Waals surface area contributed by atoms with Crippen molar-refractivity contribution in [1.29, 1.82) is 0 Å². The Hall–Kier alpha value is -0.830. The van der Waals surface area contributed by atoms with Crippen molar-refractivity contribution in [2.24, 2.45) is 5.73 Å². The van der Waals surface area contributed by atoms with Crippen LogP contribution in [0.3, 0.4) is 0 Å². The second-order valence-corrected chi connectivity index (χ2v) is 4.28. The highest BCUT2D eigenvalue weighted by Gasteiger charge is 2.27. The minimum Gasteiger partial charge on any atom is -0.323 e. The van der Waals surface area contributed by atoms with Gasteiger partial charge in [0.2, 0.25) is 0 Å². The zero-order valence-corrected chi connectivity index (χ0v) is 9.03. The molecule has 1 aliphatic rings. The van der Waals surface area contributed by atoms with Crippen molar-refractivity contribution < 1.29 is 0 Å². The normalized spacial score (nSPS) is 18.5. The summed E-state index contributed by atoms with van der Waals surface area (Å²) in [6.45, 7) is 5.19. The van der Waals surface area contributed by atoms with Crippen LogP contribution in [0.25, 0.3) is 0 Å². The minimum atomic E-state index is 0.0987. The molecule has 0 saturated heterocycles. The monoisotopic (exact) mass is 193 g/mol. The average Bonchev–Trinajstić information content (AvgIpc) is 2.89. The Labute approximate surface area is 85.3 Å². The first kappa shape index (κ1) is 9.71. The molecule has 78 valence electrons. The van der Waals surface area contributed by atoms with Gasteiger partial charge in [0.05, 0.1) is 11.4 Å². The summed E-state index contributed by atoms with van der Waals surface area (Å²) in [7, 11) is 0. The van der Waals surface area contributed by atoms with Crippen LogP contribution in [0.2, 0.25) is 0 Å². The molecule has 1 aliphatic carbocycles. The molecule has 0 spiro atoms. The predicted molar refractivity (Wildman–Crippen MR) is 57.1 cm³/mol. The van der Waals surface area contributed by atoms with E-state index in [0.717, 1.165) is 18.9 Å². The van der Waals surface area contributed by atoms with E-state index in [2.05, 4.69) is 22.8 Å². The molecule has 14 heavy (non-hydrogen) atoms. The van der Waals surface area contributed by atoms with E-state index >= 15 is 0 Å². The van der Waals surface area contributed by atoms with Gasteiger partial charge in [0.25, 0.3) is 0 Å². The van der Waals surface area contributed by atoms with Crippen LogP contribution in [-0.4, -0.2) is 9.78 Å². The van der Waals surface area contributed by atoms with Crippen LogP contribution in [0, 0.1) is 0 Å². The zero-order chi connectivity index (χ0) is 10.1. The lowest BCUT2D eigenvalue weighted by Gasteiger charge is -2.07. The van der Waals surface area contributed by atoms with Crippen LogP contribution in [0.4, 0.5) is 0 Å². The first-order valence-corrected chi connectivity index (χ1v) is 5.55. The maximum atomic E-state index is 5.92. The smallest absolute Gasteiger partial charge is 0.0659 e. The van der Waals surface area contributed by atoms with E-state index in [4.69, 9.17) is 5.73 Å². The summed E-state index contributed by atoms with van der Waals surface area (Å²) >= 11 is 0. The Morgan fingerprint density at radius 1 is 1.64 bits per heavy atom. The third-order valence-electron chi connectivity index (χ3n) is 2.73. The molecule has 0 unspecified atom stereocenters. The molecule has 0 aliphatic heterocycles. The summed E-state index contributed by atoms with van der Waals surface area (Å²) in [5.41, 5.74) is 8.36.